The fourth-order valence-electron chi connectivity index (χ4n) is 1.89. The lowest BCUT2D eigenvalue weighted by Gasteiger charge is -2.10. The number of amides is 1. The van der Waals surface area contributed by atoms with Gasteiger partial charge in [-0.05, 0) is 12.1 Å². The number of carbonyl (C=O) groups is 2. The van der Waals surface area contributed by atoms with Crippen molar-refractivity contribution < 1.29 is 24.2 Å². The van der Waals surface area contributed by atoms with Gasteiger partial charge in [0.25, 0.3) is 17.3 Å². The average molecular weight is 414 g/mol. The summed E-state index contributed by atoms with van der Waals surface area (Å²) in [5.74, 6) is -1.66. The summed E-state index contributed by atoms with van der Waals surface area (Å²) in [6.45, 7) is -0.695. The summed E-state index contributed by atoms with van der Waals surface area (Å²) in [7, 11) is 0. The van der Waals surface area contributed by atoms with E-state index in [1.807, 2.05) is 0 Å². The van der Waals surface area contributed by atoms with Crippen LogP contribution in [-0.2, 0) is 9.53 Å². The molecule has 0 aliphatic carbocycles. The van der Waals surface area contributed by atoms with Gasteiger partial charge in [-0.1, -0.05) is 23.2 Å². The summed E-state index contributed by atoms with van der Waals surface area (Å²) >= 11 is 11.7. The van der Waals surface area contributed by atoms with Crippen LogP contribution >= 0.6 is 23.2 Å². The number of non-ortho nitro benzene ring substituents is 2. The second kappa shape index (κ2) is 8.43. The van der Waals surface area contributed by atoms with E-state index in [0.717, 1.165) is 24.3 Å². The molecular formula is C15H9Cl2N3O7. The Balaban J connectivity index is 1.99. The maximum atomic E-state index is 11.9. The summed E-state index contributed by atoms with van der Waals surface area (Å²) in [4.78, 5) is 43.7. The van der Waals surface area contributed by atoms with Gasteiger partial charge in [0, 0.05) is 24.3 Å². The van der Waals surface area contributed by atoms with E-state index in [9.17, 15) is 29.8 Å². The molecule has 0 spiro atoms. The first kappa shape index (κ1) is 20.1. The van der Waals surface area contributed by atoms with Gasteiger partial charge in [0.2, 0.25) is 0 Å². The molecule has 0 heterocycles. The number of nitro benzene ring substituents is 2. The van der Waals surface area contributed by atoms with E-state index in [1.165, 1.54) is 12.1 Å². The highest BCUT2D eigenvalue weighted by molar-refractivity contribution is 6.40. The first-order valence-corrected chi connectivity index (χ1v) is 7.79. The van der Waals surface area contributed by atoms with Crippen LogP contribution in [0.25, 0.3) is 0 Å². The molecule has 0 atom stereocenters. The third-order valence-corrected chi connectivity index (χ3v) is 3.75. The molecule has 0 aromatic heterocycles. The third kappa shape index (κ3) is 5.12. The number of benzene rings is 2. The zero-order valence-corrected chi connectivity index (χ0v) is 14.7. The lowest BCUT2D eigenvalue weighted by atomic mass is 10.2. The monoisotopic (exact) mass is 413 g/mol. The van der Waals surface area contributed by atoms with Crippen molar-refractivity contribution in [1.29, 1.82) is 0 Å². The first-order chi connectivity index (χ1) is 12.7. The molecule has 2 rings (SSSR count). The standard InChI is InChI=1S/C15H9Cl2N3O7/c16-11-5-10(20(25)26)6-12(17)14(11)18-13(21)7-27-15(22)8-1-3-9(4-2-8)19(23)24/h1-6H,7H2,(H,18,21). The fraction of sp³-hybridized carbons (Fsp3) is 0.0667. The Labute approximate surface area is 160 Å². The van der Waals surface area contributed by atoms with Crippen LogP contribution in [0.4, 0.5) is 17.1 Å². The Morgan fingerprint density at radius 2 is 1.48 bits per heavy atom. The average Bonchev–Trinajstić information content (AvgIpc) is 2.62. The van der Waals surface area contributed by atoms with Crippen LogP contribution in [0.2, 0.25) is 10.0 Å². The summed E-state index contributed by atoms with van der Waals surface area (Å²) in [6.07, 6.45) is 0. The molecule has 0 unspecified atom stereocenters. The molecule has 0 radical (unpaired) electrons. The predicted octanol–water partition coefficient (Wildman–Crippen LogP) is 3.61. The lowest BCUT2D eigenvalue weighted by molar-refractivity contribution is -0.385. The van der Waals surface area contributed by atoms with Crippen LogP contribution in [-0.4, -0.2) is 28.3 Å². The quantitative estimate of drug-likeness (QED) is 0.432. The Morgan fingerprint density at radius 1 is 0.963 bits per heavy atom. The predicted molar refractivity (Wildman–Crippen MR) is 95.1 cm³/mol. The summed E-state index contributed by atoms with van der Waals surface area (Å²) < 4.78 is 4.79. The van der Waals surface area contributed by atoms with Crippen LogP contribution in [0.1, 0.15) is 10.4 Å². The third-order valence-electron chi connectivity index (χ3n) is 3.15. The maximum absolute atomic E-state index is 11.9. The van der Waals surface area contributed by atoms with Crippen molar-refractivity contribution in [2.75, 3.05) is 11.9 Å². The number of rotatable bonds is 6. The molecule has 2 aromatic rings. The first-order valence-electron chi connectivity index (χ1n) is 7.04. The fourth-order valence-corrected chi connectivity index (χ4v) is 2.46. The number of esters is 1. The van der Waals surface area contributed by atoms with Gasteiger partial charge in [-0.2, -0.15) is 0 Å². The number of hydrogen-bond acceptors (Lipinski definition) is 7. The minimum absolute atomic E-state index is 0.0137. The van der Waals surface area contributed by atoms with Gasteiger partial charge in [0.05, 0.1) is 31.1 Å². The Bertz CT molecular complexity index is 909. The van der Waals surface area contributed by atoms with E-state index in [1.54, 1.807) is 0 Å². The molecule has 1 amide bonds. The van der Waals surface area contributed by atoms with Crippen molar-refractivity contribution in [3.05, 3.63) is 72.2 Å². The van der Waals surface area contributed by atoms with Crippen molar-refractivity contribution in [2.24, 2.45) is 0 Å². The van der Waals surface area contributed by atoms with Crippen molar-refractivity contribution in [3.8, 4) is 0 Å². The van der Waals surface area contributed by atoms with E-state index in [4.69, 9.17) is 27.9 Å². The van der Waals surface area contributed by atoms with Crippen molar-refractivity contribution in [2.45, 2.75) is 0 Å². The lowest BCUT2D eigenvalue weighted by Crippen LogP contribution is -2.21. The van der Waals surface area contributed by atoms with Crippen LogP contribution in [0.3, 0.4) is 0 Å². The maximum Gasteiger partial charge on any atom is 0.338 e. The Hall–Kier alpha value is -3.24. The number of ether oxygens (including phenoxy) is 1. The molecule has 10 nitrogen and oxygen atoms in total. The van der Waals surface area contributed by atoms with E-state index in [0.29, 0.717) is 0 Å². The van der Waals surface area contributed by atoms with Gasteiger partial charge in [0.1, 0.15) is 0 Å². The number of nitrogens with zero attached hydrogens (tertiary/aromatic N) is 2. The van der Waals surface area contributed by atoms with Gasteiger partial charge in [-0.15, -0.1) is 0 Å². The second-order valence-corrected chi connectivity index (χ2v) is 5.78. The summed E-state index contributed by atoms with van der Waals surface area (Å²) in [5, 5.41) is 23.2. The number of nitro groups is 2. The van der Waals surface area contributed by atoms with Gasteiger partial charge in [-0.25, -0.2) is 4.79 Å². The van der Waals surface area contributed by atoms with Gasteiger partial charge >= 0.3 is 5.97 Å². The Kier molecular flexibility index (Phi) is 6.27. The molecular weight excluding hydrogens is 405 g/mol. The second-order valence-electron chi connectivity index (χ2n) is 4.97. The molecule has 140 valence electrons. The zero-order valence-electron chi connectivity index (χ0n) is 13.2. The molecule has 0 fully saturated rings. The molecule has 1 N–H and O–H groups in total. The molecule has 27 heavy (non-hydrogen) atoms. The van der Waals surface area contributed by atoms with E-state index in [2.05, 4.69) is 5.32 Å². The van der Waals surface area contributed by atoms with E-state index in [-0.39, 0.29) is 32.7 Å². The van der Waals surface area contributed by atoms with Gasteiger partial charge in [-0.3, -0.25) is 25.0 Å². The number of hydrogen-bond donors (Lipinski definition) is 1. The molecule has 12 heteroatoms. The molecule has 0 saturated heterocycles. The zero-order chi connectivity index (χ0) is 20.1. The number of anilines is 1. The van der Waals surface area contributed by atoms with Gasteiger partial charge in [0.15, 0.2) is 6.61 Å². The van der Waals surface area contributed by atoms with Crippen LogP contribution in [0, 0.1) is 20.2 Å². The normalized spacial score (nSPS) is 10.1. The van der Waals surface area contributed by atoms with Crippen LogP contribution < -0.4 is 5.32 Å². The topological polar surface area (TPSA) is 142 Å². The smallest absolute Gasteiger partial charge is 0.338 e. The largest absolute Gasteiger partial charge is 0.452 e. The van der Waals surface area contributed by atoms with Crippen molar-refractivity contribution in [3.63, 3.8) is 0 Å². The highest BCUT2D eigenvalue weighted by Crippen LogP contribution is 2.34. The molecule has 0 bridgehead atoms. The molecule has 0 saturated carbocycles. The van der Waals surface area contributed by atoms with Gasteiger partial charge < -0.3 is 10.1 Å². The Morgan fingerprint density at radius 3 is 1.96 bits per heavy atom. The summed E-state index contributed by atoms with van der Waals surface area (Å²) in [5.41, 5.74) is -0.612. The van der Waals surface area contributed by atoms with Crippen molar-refractivity contribution >= 4 is 52.1 Å². The molecule has 2 aromatic carbocycles. The van der Waals surface area contributed by atoms with E-state index < -0.39 is 28.3 Å². The molecule has 0 aliphatic heterocycles. The minimum atomic E-state index is -0.874. The molecule has 0 aliphatic rings. The highest BCUT2D eigenvalue weighted by Gasteiger charge is 2.18. The van der Waals surface area contributed by atoms with E-state index >= 15 is 0 Å². The number of nitrogens with one attached hydrogen (secondary N) is 1. The summed E-state index contributed by atoms with van der Waals surface area (Å²) in [6, 6.07) is 6.61. The van der Waals surface area contributed by atoms with Crippen LogP contribution in [0.5, 0.6) is 0 Å². The number of carbonyl (C=O) groups excluding carboxylic acids is 2. The minimum Gasteiger partial charge on any atom is -0.452 e. The van der Waals surface area contributed by atoms with Crippen LogP contribution in [0.15, 0.2) is 36.4 Å². The number of halogens is 2. The highest BCUT2D eigenvalue weighted by atomic mass is 35.5. The SMILES string of the molecule is O=C(COC(=O)c1ccc([N+](=O)[O-])cc1)Nc1c(Cl)cc([N+](=O)[O-])cc1Cl. The van der Waals surface area contributed by atoms with Crippen molar-refractivity contribution in [1.82, 2.24) is 0 Å².